The van der Waals surface area contributed by atoms with Crippen molar-refractivity contribution >= 4 is 23.0 Å². The van der Waals surface area contributed by atoms with Crippen LogP contribution in [0.4, 0.5) is 17.1 Å². The van der Waals surface area contributed by atoms with E-state index in [9.17, 15) is 4.79 Å². The lowest BCUT2D eigenvalue weighted by Crippen LogP contribution is -2.33. The normalized spacial score (nSPS) is 16.3. The average Bonchev–Trinajstić information content (AvgIpc) is 3.30. The molecule has 4 aromatic carbocycles. The highest BCUT2D eigenvalue weighted by Crippen LogP contribution is 2.57. The fourth-order valence-corrected chi connectivity index (χ4v) is 6.37. The van der Waals surface area contributed by atoms with E-state index in [1.54, 1.807) is 0 Å². The van der Waals surface area contributed by atoms with Crippen LogP contribution in [0, 0.1) is 6.92 Å². The van der Waals surface area contributed by atoms with Crippen molar-refractivity contribution in [2.24, 2.45) is 0 Å². The number of anilines is 3. The molecule has 1 spiro atoms. The predicted octanol–water partition coefficient (Wildman–Crippen LogP) is 9.49. The van der Waals surface area contributed by atoms with Gasteiger partial charge in [-0.15, -0.1) is 0 Å². The highest BCUT2D eigenvalue weighted by molar-refractivity contribution is 5.97. The van der Waals surface area contributed by atoms with Crippen LogP contribution in [0.3, 0.4) is 0 Å². The maximum atomic E-state index is 13.3. The molecule has 216 valence electrons. The van der Waals surface area contributed by atoms with Crippen molar-refractivity contribution < 1.29 is 14.3 Å². The number of benzene rings is 4. The first kappa shape index (κ1) is 27.9. The van der Waals surface area contributed by atoms with Crippen molar-refractivity contribution in [2.45, 2.75) is 64.9 Å². The molecule has 0 aliphatic carbocycles. The Bertz CT molecular complexity index is 1580. The number of hydrogen-bond acceptors (Lipinski definition) is 5. The van der Waals surface area contributed by atoms with Crippen LogP contribution >= 0.6 is 0 Å². The Hall–Kier alpha value is -4.25. The molecule has 1 unspecified atom stereocenters. The van der Waals surface area contributed by atoms with Gasteiger partial charge in [0.05, 0.1) is 5.56 Å². The minimum absolute atomic E-state index is 0.315. The molecule has 2 heterocycles. The van der Waals surface area contributed by atoms with Crippen LogP contribution in [-0.2, 0) is 10.3 Å². The molecule has 5 heteroatoms. The standard InChI is InChI=1S/C37H40N2O3/c1-4-6-7-8-9-15-22-39(5-2)28-20-21-31-35(24-28)41-34-23-26(3)33(38-27-16-11-10-12-17-27)25-32(34)37(31)30-19-14-13-18-29(30)36(40)42-37/h10-14,16-21,23-25,38H,4-9,15,22H2,1-3H3. The zero-order chi connectivity index (χ0) is 29.1. The zero-order valence-corrected chi connectivity index (χ0v) is 24.9. The first-order valence-electron chi connectivity index (χ1n) is 15.4. The van der Waals surface area contributed by atoms with Gasteiger partial charge in [-0.1, -0.05) is 75.4 Å². The first-order valence-corrected chi connectivity index (χ1v) is 15.4. The van der Waals surface area contributed by atoms with Gasteiger partial charge in [0, 0.05) is 52.9 Å². The van der Waals surface area contributed by atoms with Crippen molar-refractivity contribution in [3.63, 3.8) is 0 Å². The lowest BCUT2D eigenvalue weighted by atomic mass is 9.77. The van der Waals surface area contributed by atoms with Gasteiger partial charge < -0.3 is 19.7 Å². The molecule has 1 atom stereocenters. The number of para-hydroxylation sites is 1. The van der Waals surface area contributed by atoms with Gasteiger partial charge in [-0.25, -0.2) is 4.79 Å². The smallest absolute Gasteiger partial charge is 0.340 e. The quantitative estimate of drug-likeness (QED) is 0.146. The summed E-state index contributed by atoms with van der Waals surface area (Å²) in [4.78, 5) is 15.8. The Balaban J connectivity index is 1.40. The maximum absolute atomic E-state index is 13.3. The average molecular weight is 561 g/mol. The zero-order valence-electron chi connectivity index (χ0n) is 24.9. The van der Waals surface area contributed by atoms with E-state index in [2.05, 4.69) is 61.3 Å². The number of unbranched alkanes of at least 4 members (excludes halogenated alkanes) is 5. The number of fused-ring (bicyclic) bond motifs is 6. The van der Waals surface area contributed by atoms with E-state index >= 15 is 0 Å². The molecule has 1 N–H and O–H groups in total. The SMILES string of the molecule is CCCCCCCCN(CC)c1ccc2c(c1)Oc1cc(C)c(Nc3ccccc3)cc1C21OC(=O)c2ccccc21. The topological polar surface area (TPSA) is 50.8 Å². The molecule has 0 radical (unpaired) electrons. The molecule has 2 aliphatic heterocycles. The van der Waals surface area contributed by atoms with Gasteiger partial charge in [0.2, 0.25) is 0 Å². The van der Waals surface area contributed by atoms with Gasteiger partial charge >= 0.3 is 5.97 Å². The van der Waals surface area contributed by atoms with Crippen LogP contribution < -0.4 is 15.0 Å². The summed E-state index contributed by atoms with van der Waals surface area (Å²) in [5.41, 5.74) is 6.13. The number of nitrogens with one attached hydrogen (secondary N) is 1. The number of nitrogens with zero attached hydrogens (tertiary/aromatic N) is 1. The largest absolute Gasteiger partial charge is 0.456 e. The van der Waals surface area contributed by atoms with E-state index in [1.807, 2.05) is 54.6 Å². The van der Waals surface area contributed by atoms with Crippen LogP contribution in [0.25, 0.3) is 0 Å². The van der Waals surface area contributed by atoms with E-state index in [4.69, 9.17) is 9.47 Å². The van der Waals surface area contributed by atoms with Crippen molar-refractivity contribution in [3.05, 3.63) is 113 Å². The molecule has 6 rings (SSSR count). The van der Waals surface area contributed by atoms with Crippen LogP contribution in [0.5, 0.6) is 11.5 Å². The van der Waals surface area contributed by atoms with Crippen molar-refractivity contribution in [1.82, 2.24) is 0 Å². The molecule has 0 aromatic heterocycles. The summed E-state index contributed by atoms with van der Waals surface area (Å²) in [6.45, 7) is 8.46. The molecule has 2 aliphatic rings. The molecular formula is C37H40N2O3. The van der Waals surface area contributed by atoms with Crippen molar-refractivity contribution in [2.75, 3.05) is 23.3 Å². The molecule has 5 nitrogen and oxygen atoms in total. The summed E-state index contributed by atoms with van der Waals surface area (Å²) < 4.78 is 13.1. The minimum Gasteiger partial charge on any atom is -0.456 e. The Morgan fingerprint density at radius 1 is 0.762 bits per heavy atom. The molecule has 0 saturated heterocycles. The van der Waals surface area contributed by atoms with Gasteiger partial charge in [0.1, 0.15) is 11.5 Å². The highest BCUT2D eigenvalue weighted by Gasteiger charge is 2.53. The van der Waals surface area contributed by atoms with E-state index in [1.165, 1.54) is 38.5 Å². The van der Waals surface area contributed by atoms with Crippen LogP contribution in [0.15, 0.2) is 84.9 Å². The lowest BCUT2D eigenvalue weighted by molar-refractivity contribution is 0.0224. The number of carbonyl (C=O) groups is 1. The molecule has 0 fully saturated rings. The number of hydrogen-bond donors (Lipinski definition) is 1. The summed E-state index contributed by atoms with van der Waals surface area (Å²) in [5.74, 6) is 1.12. The van der Waals surface area contributed by atoms with Gasteiger partial charge in [-0.2, -0.15) is 0 Å². The highest BCUT2D eigenvalue weighted by atomic mass is 16.6. The summed E-state index contributed by atoms with van der Waals surface area (Å²) >= 11 is 0. The first-order chi connectivity index (χ1) is 20.5. The molecule has 42 heavy (non-hydrogen) atoms. The fourth-order valence-electron chi connectivity index (χ4n) is 6.37. The number of rotatable bonds is 11. The molecule has 0 saturated carbocycles. The second kappa shape index (κ2) is 11.9. The van der Waals surface area contributed by atoms with E-state index < -0.39 is 5.60 Å². The third kappa shape index (κ3) is 5.02. The number of ether oxygens (including phenoxy) is 2. The number of carbonyl (C=O) groups excluding carboxylic acids is 1. The van der Waals surface area contributed by atoms with Crippen LogP contribution in [-0.4, -0.2) is 19.1 Å². The van der Waals surface area contributed by atoms with Crippen LogP contribution in [0.1, 0.15) is 85.0 Å². The molecule has 4 aromatic rings. The van der Waals surface area contributed by atoms with Crippen LogP contribution in [0.2, 0.25) is 0 Å². The second-order valence-corrected chi connectivity index (χ2v) is 11.4. The predicted molar refractivity (Wildman–Crippen MR) is 170 cm³/mol. The monoisotopic (exact) mass is 560 g/mol. The minimum atomic E-state index is -1.09. The Morgan fingerprint density at radius 2 is 1.50 bits per heavy atom. The molecular weight excluding hydrogens is 520 g/mol. The van der Waals surface area contributed by atoms with E-state index in [0.717, 1.165) is 58.2 Å². The maximum Gasteiger partial charge on any atom is 0.340 e. The van der Waals surface area contributed by atoms with Gasteiger partial charge in [0.15, 0.2) is 5.60 Å². The Labute approximate surface area is 249 Å². The molecule has 0 amide bonds. The third-order valence-electron chi connectivity index (χ3n) is 8.62. The van der Waals surface area contributed by atoms with E-state index in [0.29, 0.717) is 11.3 Å². The summed E-state index contributed by atoms with van der Waals surface area (Å²) in [6.07, 6.45) is 7.62. The summed E-state index contributed by atoms with van der Waals surface area (Å²) in [5, 5.41) is 3.55. The summed E-state index contributed by atoms with van der Waals surface area (Å²) in [7, 11) is 0. The summed E-state index contributed by atoms with van der Waals surface area (Å²) in [6, 6.07) is 28.3. The van der Waals surface area contributed by atoms with Crippen molar-refractivity contribution in [1.29, 1.82) is 0 Å². The third-order valence-corrected chi connectivity index (χ3v) is 8.62. The number of aryl methyl sites for hydroxylation is 1. The Kier molecular flexibility index (Phi) is 7.92. The lowest BCUT2D eigenvalue weighted by Gasteiger charge is -2.38. The van der Waals surface area contributed by atoms with Gasteiger partial charge in [-0.3, -0.25) is 0 Å². The van der Waals surface area contributed by atoms with Crippen molar-refractivity contribution in [3.8, 4) is 11.5 Å². The van der Waals surface area contributed by atoms with E-state index in [-0.39, 0.29) is 5.97 Å². The molecule has 0 bridgehead atoms. The number of esters is 1. The van der Waals surface area contributed by atoms with Gasteiger partial charge in [0.25, 0.3) is 0 Å². The van der Waals surface area contributed by atoms with Gasteiger partial charge in [-0.05, 0) is 68.3 Å². The fraction of sp³-hybridized carbons (Fsp3) is 0.324. The second-order valence-electron chi connectivity index (χ2n) is 11.4. The Morgan fingerprint density at radius 3 is 2.31 bits per heavy atom.